The van der Waals surface area contributed by atoms with E-state index in [1.54, 1.807) is 0 Å². The third-order valence-electron chi connectivity index (χ3n) is 4.52. The zero-order valence-electron chi connectivity index (χ0n) is 11.9. The van der Waals surface area contributed by atoms with Crippen molar-refractivity contribution in [2.45, 2.75) is 53.5 Å². The highest BCUT2D eigenvalue weighted by Gasteiger charge is 2.48. The second-order valence-electron chi connectivity index (χ2n) is 6.06. The van der Waals surface area contributed by atoms with Gasteiger partial charge in [-0.3, -0.25) is 9.69 Å². The van der Waals surface area contributed by atoms with Crippen LogP contribution in [-0.2, 0) is 4.79 Å². The van der Waals surface area contributed by atoms with Gasteiger partial charge in [-0.05, 0) is 31.2 Å². The summed E-state index contributed by atoms with van der Waals surface area (Å²) < 4.78 is 0. The Bertz CT molecular complexity index is 275. The van der Waals surface area contributed by atoms with E-state index in [9.17, 15) is 9.90 Å². The number of carboxylic acids is 1. The van der Waals surface area contributed by atoms with Gasteiger partial charge in [-0.1, -0.05) is 34.6 Å². The highest BCUT2D eigenvalue weighted by molar-refractivity contribution is 5.75. The van der Waals surface area contributed by atoms with Gasteiger partial charge in [0.05, 0.1) is 5.41 Å². The topological polar surface area (TPSA) is 40.5 Å². The minimum Gasteiger partial charge on any atom is -0.481 e. The standard InChI is InChI=1S/C14H27NO2/c1-6-12(10(2)3)15-8-7-14(9-15,11(4)5)13(16)17/h10-12H,6-9H2,1-5H3,(H,16,17). The minimum atomic E-state index is -0.617. The highest BCUT2D eigenvalue weighted by atomic mass is 16.4. The Balaban J connectivity index is 2.83. The SMILES string of the molecule is CCC(C(C)C)N1CCC(C(=O)O)(C(C)C)C1. The first kappa shape index (κ1) is 14.5. The van der Waals surface area contributed by atoms with Crippen molar-refractivity contribution in [3.63, 3.8) is 0 Å². The van der Waals surface area contributed by atoms with Crippen molar-refractivity contribution in [2.75, 3.05) is 13.1 Å². The third kappa shape index (κ3) is 2.65. The minimum absolute atomic E-state index is 0.203. The summed E-state index contributed by atoms with van der Waals surface area (Å²) in [5.74, 6) is 0.181. The molecule has 1 rings (SSSR count). The van der Waals surface area contributed by atoms with Gasteiger partial charge in [-0.2, -0.15) is 0 Å². The number of hydrogen-bond acceptors (Lipinski definition) is 2. The molecule has 3 nitrogen and oxygen atoms in total. The van der Waals surface area contributed by atoms with Crippen molar-refractivity contribution in [3.8, 4) is 0 Å². The smallest absolute Gasteiger partial charge is 0.311 e. The normalized spacial score (nSPS) is 27.9. The van der Waals surface area contributed by atoms with Crippen molar-refractivity contribution >= 4 is 5.97 Å². The zero-order chi connectivity index (χ0) is 13.2. The molecule has 17 heavy (non-hydrogen) atoms. The second-order valence-corrected chi connectivity index (χ2v) is 6.06. The average molecular weight is 241 g/mol. The number of nitrogens with zero attached hydrogens (tertiary/aromatic N) is 1. The molecule has 3 heteroatoms. The van der Waals surface area contributed by atoms with E-state index in [-0.39, 0.29) is 5.92 Å². The van der Waals surface area contributed by atoms with E-state index in [0.29, 0.717) is 12.0 Å². The Morgan fingerprint density at radius 3 is 2.24 bits per heavy atom. The molecule has 0 spiro atoms. The summed E-state index contributed by atoms with van der Waals surface area (Å²) in [5, 5.41) is 9.52. The van der Waals surface area contributed by atoms with E-state index in [2.05, 4.69) is 25.7 Å². The molecule has 1 N–H and O–H groups in total. The van der Waals surface area contributed by atoms with Crippen LogP contribution in [-0.4, -0.2) is 35.1 Å². The molecule has 1 heterocycles. The number of rotatable bonds is 5. The van der Waals surface area contributed by atoms with Gasteiger partial charge in [0.25, 0.3) is 0 Å². The van der Waals surface area contributed by atoms with Gasteiger partial charge in [0.2, 0.25) is 0 Å². The maximum atomic E-state index is 11.6. The lowest BCUT2D eigenvalue weighted by atomic mass is 9.76. The van der Waals surface area contributed by atoms with E-state index >= 15 is 0 Å². The summed E-state index contributed by atoms with van der Waals surface area (Å²) in [7, 11) is 0. The molecular weight excluding hydrogens is 214 g/mol. The molecule has 0 aromatic rings. The van der Waals surface area contributed by atoms with Crippen LogP contribution in [0.15, 0.2) is 0 Å². The van der Waals surface area contributed by atoms with E-state index in [1.165, 1.54) is 0 Å². The first-order valence-electron chi connectivity index (χ1n) is 6.82. The number of hydrogen-bond donors (Lipinski definition) is 1. The van der Waals surface area contributed by atoms with Crippen LogP contribution in [0.2, 0.25) is 0 Å². The summed E-state index contributed by atoms with van der Waals surface area (Å²) in [6.07, 6.45) is 1.90. The van der Waals surface area contributed by atoms with Gasteiger partial charge in [-0.15, -0.1) is 0 Å². The van der Waals surface area contributed by atoms with Crippen molar-refractivity contribution in [1.82, 2.24) is 4.90 Å². The Hall–Kier alpha value is -0.570. The van der Waals surface area contributed by atoms with Crippen molar-refractivity contribution in [1.29, 1.82) is 0 Å². The molecule has 0 aliphatic carbocycles. The second kappa shape index (κ2) is 5.38. The van der Waals surface area contributed by atoms with Crippen LogP contribution in [0, 0.1) is 17.3 Å². The Morgan fingerprint density at radius 2 is 1.94 bits per heavy atom. The summed E-state index contributed by atoms with van der Waals surface area (Å²) in [6, 6.07) is 0.523. The number of likely N-dealkylation sites (tertiary alicyclic amines) is 1. The van der Waals surface area contributed by atoms with Crippen LogP contribution in [0.1, 0.15) is 47.5 Å². The van der Waals surface area contributed by atoms with Crippen LogP contribution in [0.4, 0.5) is 0 Å². The van der Waals surface area contributed by atoms with Crippen LogP contribution in [0.25, 0.3) is 0 Å². The van der Waals surface area contributed by atoms with Crippen LogP contribution in [0.5, 0.6) is 0 Å². The molecule has 1 saturated heterocycles. The predicted molar refractivity (Wildman–Crippen MR) is 70.0 cm³/mol. The molecule has 0 radical (unpaired) electrons. The Morgan fingerprint density at radius 1 is 1.35 bits per heavy atom. The molecule has 0 amide bonds. The molecule has 1 aliphatic heterocycles. The number of aliphatic carboxylic acids is 1. The molecule has 0 saturated carbocycles. The van der Waals surface area contributed by atoms with Crippen molar-refractivity contribution in [2.24, 2.45) is 17.3 Å². The fourth-order valence-electron chi connectivity index (χ4n) is 3.19. The maximum Gasteiger partial charge on any atom is 0.311 e. The molecule has 0 aromatic carbocycles. The van der Waals surface area contributed by atoms with Crippen molar-refractivity contribution < 1.29 is 9.90 Å². The fourth-order valence-corrected chi connectivity index (χ4v) is 3.19. The molecule has 100 valence electrons. The molecule has 2 atom stereocenters. The molecule has 0 bridgehead atoms. The summed E-state index contributed by atoms with van der Waals surface area (Å²) in [6.45, 7) is 12.4. The van der Waals surface area contributed by atoms with Crippen molar-refractivity contribution in [3.05, 3.63) is 0 Å². The Kier molecular flexibility index (Phi) is 4.59. The monoisotopic (exact) mass is 241 g/mol. The lowest BCUT2D eigenvalue weighted by Crippen LogP contribution is -2.43. The van der Waals surface area contributed by atoms with E-state index in [0.717, 1.165) is 25.9 Å². The molecule has 1 fully saturated rings. The predicted octanol–water partition coefficient (Wildman–Crippen LogP) is 2.85. The van der Waals surface area contributed by atoms with E-state index in [4.69, 9.17) is 0 Å². The van der Waals surface area contributed by atoms with Crippen LogP contribution in [0.3, 0.4) is 0 Å². The lowest BCUT2D eigenvalue weighted by Gasteiger charge is -2.33. The first-order valence-corrected chi connectivity index (χ1v) is 6.82. The zero-order valence-corrected chi connectivity index (χ0v) is 11.9. The highest BCUT2D eigenvalue weighted by Crippen LogP contribution is 2.40. The van der Waals surface area contributed by atoms with E-state index < -0.39 is 11.4 Å². The molecule has 1 aliphatic rings. The Labute approximate surface area is 105 Å². The molecule has 2 unspecified atom stereocenters. The molecular formula is C14H27NO2. The van der Waals surface area contributed by atoms with Gasteiger partial charge in [0, 0.05) is 12.6 Å². The summed E-state index contributed by atoms with van der Waals surface area (Å²) in [4.78, 5) is 14.0. The summed E-state index contributed by atoms with van der Waals surface area (Å²) in [5.41, 5.74) is -0.525. The van der Waals surface area contributed by atoms with Gasteiger partial charge in [0.15, 0.2) is 0 Å². The first-order chi connectivity index (χ1) is 7.85. The van der Waals surface area contributed by atoms with Gasteiger partial charge in [-0.25, -0.2) is 0 Å². The number of carbonyl (C=O) groups is 1. The average Bonchev–Trinajstić information content (AvgIpc) is 2.64. The third-order valence-corrected chi connectivity index (χ3v) is 4.52. The molecule has 0 aromatic heterocycles. The largest absolute Gasteiger partial charge is 0.481 e. The summed E-state index contributed by atoms with van der Waals surface area (Å²) >= 11 is 0. The van der Waals surface area contributed by atoms with Gasteiger partial charge in [0.1, 0.15) is 0 Å². The van der Waals surface area contributed by atoms with Crippen LogP contribution >= 0.6 is 0 Å². The van der Waals surface area contributed by atoms with Gasteiger partial charge < -0.3 is 5.11 Å². The van der Waals surface area contributed by atoms with Crippen LogP contribution < -0.4 is 0 Å². The number of carboxylic acid groups (broad SMARTS) is 1. The quantitative estimate of drug-likeness (QED) is 0.804. The fraction of sp³-hybridized carbons (Fsp3) is 0.929. The lowest BCUT2D eigenvalue weighted by molar-refractivity contribution is -0.151. The van der Waals surface area contributed by atoms with Gasteiger partial charge >= 0.3 is 5.97 Å². The maximum absolute atomic E-state index is 11.6. The van der Waals surface area contributed by atoms with E-state index in [1.807, 2.05) is 13.8 Å².